The fourth-order valence-electron chi connectivity index (χ4n) is 5.01. The van der Waals surface area contributed by atoms with Crippen LogP contribution in [-0.2, 0) is 11.0 Å². The van der Waals surface area contributed by atoms with Gasteiger partial charge in [0, 0.05) is 34.6 Å². The smallest absolute Gasteiger partial charge is 0.335 e. The number of aromatic carboxylic acids is 1. The summed E-state index contributed by atoms with van der Waals surface area (Å²) in [5.74, 6) is -1.36. The predicted molar refractivity (Wildman–Crippen MR) is 135 cm³/mol. The molecule has 0 saturated carbocycles. The van der Waals surface area contributed by atoms with Crippen LogP contribution < -0.4 is 5.32 Å². The van der Waals surface area contributed by atoms with Crippen LogP contribution >= 0.6 is 0 Å². The van der Waals surface area contributed by atoms with E-state index in [0.717, 1.165) is 28.3 Å². The van der Waals surface area contributed by atoms with Gasteiger partial charge in [-0.1, -0.05) is 44.2 Å². The Morgan fingerprint density at radius 3 is 2.31 bits per heavy atom. The fraction of sp³-hybridized carbons (Fsp3) is 0.207. The molecule has 1 aromatic heterocycles. The average molecular weight is 467 g/mol. The molecular weight excluding hydrogens is 440 g/mol. The van der Waals surface area contributed by atoms with E-state index in [1.807, 2.05) is 30.3 Å². The number of carboxylic acid groups (broad SMARTS) is 1. The Morgan fingerprint density at radius 1 is 0.857 bits per heavy atom. The molecule has 1 heterocycles. The van der Waals surface area contributed by atoms with Crippen molar-refractivity contribution in [3.63, 3.8) is 0 Å². The molecule has 0 aliphatic heterocycles. The first-order chi connectivity index (χ1) is 16.7. The third-order valence-corrected chi connectivity index (χ3v) is 7.07. The minimum atomic E-state index is -1.29. The topological polar surface area (TPSA) is 99.5 Å². The Hall–Kier alpha value is -4.03. The maximum atomic E-state index is 13.1. The molecule has 1 aliphatic rings. The zero-order valence-electron chi connectivity index (χ0n) is 19.6. The van der Waals surface area contributed by atoms with Crippen LogP contribution in [0.1, 0.15) is 64.1 Å². The van der Waals surface area contributed by atoms with E-state index in [1.165, 1.54) is 12.1 Å². The van der Waals surface area contributed by atoms with Crippen LogP contribution in [0.3, 0.4) is 0 Å². The molecule has 0 fully saturated rings. The van der Waals surface area contributed by atoms with Crippen molar-refractivity contribution in [3.05, 3.63) is 107 Å². The number of aromatic nitrogens is 1. The second kappa shape index (κ2) is 8.32. The number of carboxylic acids is 1. The standard InChI is InChI=1S/C29H26N2O4/c1-28(2)13-14-29(35,25-17-30-16-20-5-3-4-6-22(20)25)24-15-19(9-12-23(24)28)26(32)31-21-10-7-18(8-11-21)27(33)34/h3-12,15-17,35H,13-14H2,1-2H3,(H,31,32)(H,33,34). The van der Waals surface area contributed by atoms with Crippen LogP contribution in [0.4, 0.5) is 5.69 Å². The maximum Gasteiger partial charge on any atom is 0.335 e. The number of hydrogen-bond acceptors (Lipinski definition) is 4. The van der Waals surface area contributed by atoms with Crippen LogP contribution in [-0.4, -0.2) is 27.1 Å². The molecule has 0 radical (unpaired) electrons. The molecule has 0 spiro atoms. The van der Waals surface area contributed by atoms with E-state index in [4.69, 9.17) is 5.11 Å². The van der Waals surface area contributed by atoms with Gasteiger partial charge in [-0.3, -0.25) is 9.78 Å². The molecule has 0 bridgehead atoms. The Labute approximate surface area is 203 Å². The Morgan fingerprint density at radius 2 is 1.57 bits per heavy atom. The molecule has 1 atom stereocenters. The molecule has 6 nitrogen and oxygen atoms in total. The van der Waals surface area contributed by atoms with Crippen LogP contribution in [0.5, 0.6) is 0 Å². The van der Waals surface area contributed by atoms with E-state index in [-0.39, 0.29) is 16.9 Å². The van der Waals surface area contributed by atoms with Gasteiger partial charge < -0.3 is 15.5 Å². The molecular formula is C29H26N2O4. The molecule has 35 heavy (non-hydrogen) atoms. The lowest BCUT2D eigenvalue weighted by Gasteiger charge is -2.43. The summed E-state index contributed by atoms with van der Waals surface area (Å²) in [5.41, 5.74) is 2.03. The highest BCUT2D eigenvalue weighted by Gasteiger charge is 2.44. The van der Waals surface area contributed by atoms with Gasteiger partial charge >= 0.3 is 5.97 Å². The van der Waals surface area contributed by atoms with Gasteiger partial charge in [0.25, 0.3) is 5.91 Å². The van der Waals surface area contributed by atoms with Crippen molar-refractivity contribution >= 4 is 28.3 Å². The molecule has 5 rings (SSSR count). The van der Waals surface area contributed by atoms with Crippen LogP contribution in [0.15, 0.2) is 79.1 Å². The van der Waals surface area contributed by atoms with E-state index >= 15 is 0 Å². The van der Waals surface area contributed by atoms with Crippen LogP contribution in [0, 0.1) is 0 Å². The summed E-state index contributed by atoms with van der Waals surface area (Å²) in [6, 6.07) is 19.3. The van der Waals surface area contributed by atoms with E-state index in [1.54, 1.807) is 36.7 Å². The van der Waals surface area contributed by atoms with Crippen molar-refractivity contribution in [1.29, 1.82) is 0 Å². The minimum Gasteiger partial charge on any atom is -0.478 e. The number of anilines is 1. The Balaban J connectivity index is 1.58. The summed E-state index contributed by atoms with van der Waals surface area (Å²) in [5, 5.41) is 26.0. The monoisotopic (exact) mass is 466 g/mol. The molecule has 1 amide bonds. The van der Waals surface area contributed by atoms with Gasteiger partial charge in [0.1, 0.15) is 5.60 Å². The summed E-state index contributed by atoms with van der Waals surface area (Å²) >= 11 is 0. The van der Waals surface area contributed by atoms with Gasteiger partial charge in [-0.15, -0.1) is 0 Å². The average Bonchev–Trinajstić information content (AvgIpc) is 2.86. The van der Waals surface area contributed by atoms with Gasteiger partial charge in [-0.2, -0.15) is 0 Å². The van der Waals surface area contributed by atoms with E-state index < -0.39 is 11.6 Å². The predicted octanol–water partition coefficient (Wildman–Crippen LogP) is 5.49. The lowest BCUT2D eigenvalue weighted by atomic mass is 9.64. The van der Waals surface area contributed by atoms with Gasteiger partial charge in [0.15, 0.2) is 0 Å². The lowest BCUT2D eigenvalue weighted by molar-refractivity contribution is 0.0506. The molecule has 3 aromatic carbocycles. The highest BCUT2D eigenvalue weighted by molar-refractivity contribution is 6.04. The lowest BCUT2D eigenvalue weighted by Crippen LogP contribution is -2.39. The Kier molecular flexibility index (Phi) is 5.41. The molecule has 1 unspecified atom stereocenters. The third kappa shape index (κ3) is 3.96. The SMILES string of the molecule is CC1(C)CCC(O)(c2cncc3ccccc23)c2cc(C(=O)Nc3ccc(C(=O)O)cc3)ccc21. The summed E-state index contributed by atoms with van der Waals surface area (Å²) in [7, 11) is 0. The zero-order chi connectivity index (χ0) is 24.8. The number of nitrogens with one attached hydrogen (secondary N) is 1. The third-order valence-electron chi connectivity index (χ3n) is 7.07. The largest absolute Gasteiger partial charge is 0.478 e. The summed E-state index contributed by atoms with van der Waals surface area (Å²) in [4.78, 5) is 28.6. The van der Waals surface area contributed by atoms with E-state index in [2.05, 4.69) is 24.1 Å². The molecule has 0 saturated heterocycles. The molecule has 3 N–H and O–H groups in total. The number of benzene rings is 3. The van der Waals surface area contributed by atoms with E-state index in [9.17, 15) is 14.7 Å². The number of carbonyl (C=O) groups excluding carboxylic acids is 1. The molecule has 6 heteroatoms. The maximum absolute atomic E-state index is 13.1. The van der Waals surface area contributed by atoms with Gasteiger partial charge in [-0.05, 0) is 71.2 Å². The first-order valence-electron chi connectivity index (χ1n) is 11.5. The van der Waals surface area contributed by atoms with Crippen molar-refractivity contribution in [2.24, 2.45) is 0 Å². The Bertz CT molecular complexity index is 1450. The van der Waals surface area contributed by atoms with Crippen molar-refractivity contribution in [2.75, 3.05) is 5.32 Å². The van der Waals surface area contributed by atoms with Crippen molar-refractivity contribution < 1.29 is 19.8 Å². The second-order valence-corrected chi connectivity index (χ2v) is 9.75. The van der Waals surface area contributed by atoms with Gasteiger partial charge in [0.2, 0.25) is 0 Å². The quantitative estimate of drug-likeness (QED) is 0.369. The summed E-state index contributed by atoms with van der Waals surface area (Å²) in [6.07, 6.45) is 4.79. The zero-order valence-corrected chi connectivity index (χ0v) is 19.6. The number of hydrogen-bond donors (Lipinski definition) is 3. The highest BCUT2D eigenvalue weighted by atomic mass is 16.4. The number of fused-ring (bicyclic) bond motifs is 2. The number of nitrogens with zero attached hydrogens (tertiary/aromatic N) is 1. The van der Waals surface area contributed by atoms with Crippen LogP contribution in [0.25, 0.3) is 10.8 Å². The highest BCUT2D eigenvalue weighted by Crippen LogP contribution is 2.49. The van der Waals surface area contributed by atoms with Crippen molar-refractivity contribution in [1.82, 2.24) is 4.98 Å². The first-order valence-corrected chi connectivity index (χ1v) is 11.5. The molecule has 4 aromatic rings. The molecule has 1 aliphatic carbocycles. The number of carbonyl (C=O) groups is 2. The number of aliphatic hydroxyl groups is 1. The number of amides is 1. The second-order valence-electron chi connectivity index (χ2n) is 9.75. The normalized spacial score (nSPS) is 18.6. The van der Waals surface area contributed by atoms with E-state index in [0.29, 0.717) is 23.2 Å². The van der Waals surface area contributed by atoms with Crippen LogP contribution in [0.2, 0.25) is 0 Å². The van der Waals surface area contributed by atoms with Crippen molar-refractivity contribution in [2.45, 2.75) is 37.7 Å². The fourth-order valence-corrected chi connectivity index (χ4v) is 5.01. The van der Waals surface area contributed by atoms with Gasteiger partial charge in [0.05, 0.1) is 5.56 Å². The van der Waals surface area contributed by atoms with Gasteiger partial charge in [-0.25, -0.2) is 4.79 Å². The van der Waals surface area contributed by atoms with Crippen molar-refractivity contribution in [3.8, 4) is 0 Å². The number of pyridine rings is 1. The summed E-state index contributed by atoms with van der Waals surface area (Å²) < 4.78 is 0. The summed E-state index contributed by atoms with van der Waals surface area (Å²) in [6.45, 7) is 4.30. The molecule has 176 valence electrons. The minimum absolute atomic E-state index is 0.146. The first kappa shape index (κ1) is 22.7. The number of rotatable bonds is 4.